The molecule has 1 aromatic heterocycles. The number of carbonyl (C=O) groups excluding carboxylic acids is 1. The largest absolute Gasteiger partial charge is 0.447 e. The number of pyridine rings is 1. The molecule has 2 unspecified atom stereocenters. The molecular weight excluding hydrogens is 315 g/mol. The van der Waals surface area contributed by atoms with Gasteiger partial charge in [0.25, 0.3) is 5.91 Å². The van der Waals surface area contributed by atoms with Crippen LogP contribution in [0.2, 0.25) is 0 Å². The molecular formula is C14H16F3N3OS. The van der Waals surface area contributed by atoms with Gasteiger partial charge in [-0.2, -0.15) is 13.2 Å². The van der Waals surface area contributed by atoms with Crippen molar-refractivity contribution < 1.29 is 18.0 Å². The third-order valence-corrected chi connectivity index (χ3v) is 4.77. The number of thioether (sulfide) groups is 1. The van der Waals surface area contributed by atoms with Gasteiger partial charge in [0.1, 0.15) is 5.03 Å². The van der Waals surface area contributed by atoms with Gasteiger partial charge < -0.3 is 10.2 Å². The lowest BCUT2D eigenvalue weighted by atomic mass is 10.1. The van der Waals surface area contributed by atoms with Crippen LogP contribution in [0.5, 0.6) is 0 Å². The van der Waals surface area contributed by atoms with E-state index < -0.39 is 5.51 Å². The first-order valence-electron chi connectivity index (χ1n) is 7.18. The number of fused-ring (bicyclic) bond motifs is 2. The molecule has 2 aliphatic heterocycles. The summed E-state index contributed by atoms with van der Waals surface area (Å²) in [5.41, 5.74) is -4.43. The minimum Gasteiger partial charge on any atom is -0.337 e. The third-order valence-electron chi connectivity index (χ3n) is 4.02. The van der Waals surface area contributed by atoms with E-state index in [1.54, 1.807) is 4.90 Å². The summed E-state index contributed by atoms with van der Waals surface area (Å²) in [4.78, 5) is 18.0. The van der Waals surface area contributed by atoms with Gasteiger partial charge >= 0.3 is 5.51 Å². The molecule has 4 nitrogen and oxygen atoms in total. The molecule has 2 saturated heterocycles. The number of nitrogens with one attached hydrogen (secondary N) is 1. The van der Waals surface area contributed by atoms with E-state index in [9.17, 15) is 18.0 Å². The Labute approximate surface area is 130 Å². The Balaban J connectivity index is 1.80. The van der Waals surface area contributed by atoms with E-state index in [4.69, 9.17) is 0 Å². The van der Waals surface area contributed by atoms with E-state index >= 15 is 0 Å². The molecule has 1 aromatic rings. The van der Waals surface area contributed by atoms with Crippen molar-refractivity contribution in [3.05, 3.63) is 23.9 Å². The third kappa shape index (κ3) is 3.55. The molecule has 2 aliphatic rings. The summed E-state index contributed by atoms with van der Waals surface area (Å²) < 4.78 is 37.8. The molecule has 1 amide bonds. The SMILES string of the molecule is O=C(c1cccnc1SC(F)(F)F)N1CCC2CCC(C1)N2. The van der Waals surface area contributed by atoms with Crippen molar-refractivity contribution in [2.45, 2.75) is 41.9 Å². The summed E-state index contributed by atoms with van der Waals surface area (Å²) in [6.45, 7) is 1.11. The second kappa shape index (κ2) is 6.08. The Hall–Kier alpha value is -1.28. The van der Waals surface area contributed by atoms with Gasteiger partial charge in [-0.3, -0.25) is 4.79 Å². The molecule has 0 spiro atoms. The van der Waals surface area contributed by atoms with E-state index in [0.717, 1.165) is 19.3 Å². The van der Waals surface area contributed by atoms with Crippen molar-refractivity contribution >= 4 is 17.7 Å². The van der Waals surface area contributed by atoms with E-state index in [1.165, 1.54) is 18.3 Å². The van der Waals surface area contributed by atoms with Gasteiger partial charge in [0.15, 0.2) is 0 Å². The Morgan fingerprint density at radius 2 is 2.09 bits per heavy atom. The molecule has 8 heteroatoms. The number of hydrogen-bond donors (Lipinski definition) is 1. The van der Waals surface area contributed by atoms with E-state index in [0.29, 0.717) is 19.1 Å². The van der Waals surface area contributed by atoms with Crippen LogP contribution >= 0.6 is 11.8 Å². The first-order valence-corrected chi connectivity index (χ1v) is 8.00. The molecule has 120 valence electrons. The van der Waals surface area contributed by atoms with Crippen LogP contribution in [-0.4, -0.2) is 46.5 Å². The monoisotopic (exact) mass is 331 g/mol. The van der Waals surface area contributed by atoms with Gasteiger partial charge in [0.05, 0.1) is 5.56 Å². The van der Waals surface area contributed by atoms with Gasteiger partial charge in [-0.1, -0.05) is 0 Å². The molecule has 0 aromatic carbocycles. The van der Waals surface area contributed by atoms with Crippen molar-refractivity contribution in [1.29, 1.82) is 0 Å². The Bertz CT molecular complexity index is 567. The van der Waals surface area contributed by atoms with Gasteiger partial charge in [-0.25, -0.2) is 4.98 Å². The van der Waals surface area contributed by atoms with E-state index in [1.807, 2.05) is 0 Å². The van der Waals surface area contributed by atoms with Crippen LogP contribution in [0.4, 0.5) is 13.2 Å². The Morgan fingerprint density at radius 3 is 2.86 bits per heavy atom. The lowest BCUT2D eigenvalue weighted by molar-refractivity contribution is -0.0329. The van der Waals surface area contributed by atoms with Gasteiger partial charge in [0.2, 0.25) is 0 Å². The maximum atomic E-state index is 12.6. The molecule has 0 saturated carbocycles. The highest BCUT2D eigenvalue weighted by molar-refractivity contribution is 8.00. The second-order valence-corrected chi connectivity index (χ2v) is 6.64. The molecule has 22 heavy (non-hydrogen) atoms. The van der Waals surface area contributed by atoms with Gasteiger partial charge in [0, 0.05) is 43.1 Å². The lowest BCUT2D eigenvalue weighted by Crippen LogP contribution is -2.39. The second-order valence-electron chi connectivity index (χ2n) is 5.58. The van der Waals surface area contributed by atoms with Crippen molar-refractivity contribution in [2.24, 2.45) is 0 Å². The standard InChI is InChI=1S/C14H16F3N3OS/c15-14(16,17)22-12-11(2-1-6-18-12)13(21)20-7-5-9-3-4-10(8-20)19-9/h1-2,6,9-10,19H,3-5,7-8H2. The van der Waals surface area contributed by atoms with Gasteiger partial charge in [-0.05, 0) is 31.4 Å². The van der Waals surface area contributed by atoms with Crippen LogP contribution < -0.4 is 5.32 Å². The minimum absolute atomic E-state index is 0.0302. The molecule has 0 radical (unpaired) electrons. The number of hydrogen-bond acceptors (Lipinski definition) is 4. The average Bonchev–Trinajstić information content (AvgIpc) is 2.76. The Kier molecular flexibility index (Phi) is 4.31. The van der Waals surface area contributed by atoms with E-state index in [2.05, 4.69) is 10.3 Å². The topological polar surface area (TPSA) is 45.2 Å². The number of likely N-dealkylation sites (tertiary alicyclic amines) is 1. The molecule has 3 rings (SSSR count). The summed E-state index contributed by atoms with van der Waals surface area (Å²) in [5, 5.41) is 3.17. The van der Waals surface area contributed by atoms with Crippen molar-refractivity contribution in [2.75, 3.05) is 13.1 Å². The van der Waals surface area contributed by atoms with Crippen molar-refractivity contribution in [3.8, 4) is 0 Å². The fourth-order valence-electron chi connectivity index (χ4n) is 3.04. The summed E-state index contributed by atoms with van der Waals surface area (Å²) >= 11 is -0.334. The number of aromatic nitrogens is 1. The number of amides is 1. The maximum absolute atomic E-state index is 12.6. The summed E-state index contributed by atoms with van der Waals surface area (Å²) in [7, 11) is 0. The number of nitrogens with zero attached hydrogens (tertiary/aromatic N) is 2. The molecule has 1 N–H and O–H groups in total. The molecule has 2 fully saturated rings. The van der Waals surface area contributed by atoms with Gasteiger partial charge in [-0.15, -0.1) is 0 Å². The zero-order valence-corrected chi connectivity index (χ0v) is 12.6. The minimum atomic E-state index is -4.46. The number of halogens is 3. The molecule has 2 bridgehead atoms. The van der Waals surface area contributed by atoms with Crippen LogP contribution in [0.15, 0.2) is 23.4 Å². The van der Waals surface area contributed by atoms with Crippen LogP contribution in [-0.2, 0) is 0 Å². The predicted octanol–water partition coefficient (Wildman–Crippen LogP) is 2.66. The molecule has 0 aliphatic carbocycles. The van der Waals surface area contributed by atoms with Crippen molar-refractivity contribution in [1.82, 2.24) is 15.2 Å². The fraction of sp³-hybridized carbons (Fsp3) is 0.571. The maximum Gasteiger partial charge on any atom is 0.447 e. The highest BCUT2D eigenvalue weighted by atomic mass is 32.2. The normalized spacial score (nSPS) is 25.1. The van der Waals surface area contributed by atoms with Crippen LogP contribution in [0.3, 0.4) is 0 Å². The quantitative estimate of drug-likeness (QED) is 0.847. The predicted molar refractivity (Wildman–Crippen MR) is 76.6 cm³/mol. The smallest absolute Gasteiger partial charge is 0.337 e. The van der Waals surface area contributed by atoms with Crippen LogP contribution in [0.25, 0.3) is 0 Å². The van der Waals surface area contributed by atoms with Crippen molar-refractivity contribution in [3.63, 3.8) is 0 Å². The summed E-state index contributed by atoms with van der Waals surface area (Å²) in [6.07, 6.45) is 4.22. The van der Waals surface area contributed by atoms with E-state index in [-0.39, 0.29) is 34.3 Å². The van der Waals surface area contributed by atoms with Crippen LogP contribution in [0, 0.1) is 0 Å². The van der Waals surface area contributed by atoms with Crippen LogP contribution in [0.1, 0.15) is 29.6 Å². The zero-order valence-electron chi connectivity index (χ0n) is 11.8. The highest BCUT2D eigenvalue weighted by Gasteiger charge is 2.35. The summed E-state index contributed by atoms with van der Waals surface area (Å²) in [5.74, 6) is -0.366. The lowest BCUT2D eigenvalue weighted by Gasteiger charge is -2.25. The summed E-state index contributed by atoms with van der Waals surface area (Å²) in [6, 6.07) is 3.57. The molecule has 3 heterocycles. The highest BCUT2D eigenvalue weighted by Crippen LogP contribution is 2.37. The first kappa shape index (κ1) is 15.6. The molecule has 2 atom stereocenters. The zero-order chi connectivity index (χ0) is 15.7. The average molecular weight is 331 g/mol. The number of rotatable bonds is 2. The number of carbonyl (C=O) groups is 1. The first-order chi connectivity index (χ1) is 10.4. The fourth-order valence-corrected chi connectivity index (χ4v) is 3.64. The number of alkyl halides is 3. The Morgan fingerprint density at radius 1 is 1.32 bits per heavy atom.